The number of hydrogen-bond donors (Lipinski definition) is 1. The first-order chi connectivity index (χ1) is 14.2. The lowest BCUT2D eigenvalue weighted by atomic mass is 9.95. The minimum absolute atomic E-state index is 0.0175. The number of benzene rings is 2. The Hall–Kier alpha value is -2.93. The second kappa shape index (κ2) is 9.05. The summed E-state index contributed by atoms with van der Waals surface area (Å²) in [6.07, 6.45) is 2.38. The van der Waals surface area contributed by atoms with Crippen LogP contribution >= 0.6 is 11.3 Å². The molecule has 1 aliphatic rings. The van der Waals surface area contributed by atoms with Gasteiger partial charge in [0.2, 0.25) is 11.0 Å². The van der Waals surface area contributed by atoms with E-state index in [1.807, 2.05) is 42.5 Å². The zero-order chi connectivity index (χ0) is 20.1. The number of nitrogens with one attached hydrogen (secondary N) is 1. The molecule has 150 valence electrons. The second-order valence-corrected chi connectivity index (χ2v) is 8.17. The quantitative estimate of drug-likeness (QED) is 0.668. The third-order valence-electron chi connectivity index (χ3n) is 5.20. The van der Waals surface area contributed by atoms with Crippen molar-refractivity contribution in [3.8, 4) is 5.75 Å². The average Bonchev–Trinajstić information content (AvgIpc) is 3.21. The smallest absolute Gasteiger partial charge is 0.229 e. The first-order valence-electron chi connectivity index (χ1n) is 9.77. The fraction of sp³-hybridized carbons (Fsp3) is 0.318. The SMILES string of the molecule is COc1ccc(Cc2nnc(NC(=O)C3CCN(c4ccccc4)CC3)s2)cc1. The van der Waals surface area contributed by atoms with Gasteiger partial charge in [0.15, 0.2) is 0 Å². The van der Waals surface area contributed by atoms with E-state index in [0.29, 0.717) is 11.6 Å². The number of nitrogens with zero attached hydrogens (tertiary/aromatic N) is 3. The van der Waals surface area contributed by atoms with Crippen LogP contribution in [0.25, 0.3) is 0 Å². The number of para-hydroxylation sites is 1. The van der Waals surface area contributed by atoms with E-state index in [4.69, 9.17) is 4.74 Å². The molecule has 1 N–H and O–H groups in total. The maximum atomic E-state index is 12.6. The van der Waals surface area contributed by atoms with Crippen molar-refractivity contribution in [2.24, 2.45) is 5.92 Å². The summed E-state index contributed by atoms with van der Waals surface area (Å²) < 4.78 is 5.18. The molecule has 1 aliphatic heterocycles. The van der Waals surface area contributed by atoms with Crippen LogP contribution in [-0.2, 0) is 11.2 Å². The van der Waals surface area contributed by atoms with E-state index in [-0.39, 0.29) is 11.8 Å². The van der Waals surface area contributed by atoms with Crippen molar-refractivity contribution >= 4 is 28.1 Å². The minimum Gasteiger partial charge on any atom is -0.497 e. The molecule has 0 aliphatic carbocycles. The summed E-state index contributed by atoms with van der Waals surface area (Å²) in [7, 11) is 1.65. The zero-order valence-electron chi connectivity index (χ0n) is 16.4. The monoisotopic (exact) mass is 408 g/mol. The predicted molar refractivity (Wildman–Crippen MR) is 116 cm³/mol. The molecule has 2 heterocycles. The lowest BCUT2D eigenvalue weighted by Crippen LogP contribution is -2.38. The van der Waals surface area contributed by atoms with Crippen LogP contribution in [0.2, 0.25) is 0 Å². The standard InChI is InChI=1S/C22H24N4O2S/c1-28-19-9-7-16(8-10-19)15-20-24-25-22(29-20)23-21(27)17-11-13-26(14-12-17)18-5-3-2-4-6-18/h2-10,17H,11-15H2,1H3,(H,23,25,27). The van der Waals surface area contributed by atoms with Crippen LogP contribution in [0.1, 0.15) is 23.4 Å². The van der Waals surface area contributed by atoms with Gasteiger partial charge in [-0.2, -0.15) is 0 Å². The van der Waals surface area contributed by atoms with Gasteiger partial charge in [0.05, 0.1) is 7.11 Å². The number of amides is 1. The lowest BCUT2D eigenvalue weighted by molar-refractivity contribution is -0.120. The van der Waals surface area contributed by atoms with Crippen molar-refractivity contribution in [3.05, 3.63) is 65.2 Å². The molecule has 2 aromatic carbocycles. The van der Waals surface area contributed by atoms with Crippen LogP contribution < -0.4 is 15.0 Å². The van der Waals surface area contributed by atoms with Crippen molar-refractivity contribution in [2.45, 2.75) is 19.3 Å². The summed E-state index contributed by atoms with van der Waals surface area (Å²) in [4.78, 5) is 15.0. The van der Waals surface area contributed by atoms with Gasteiger partial charge in [-0.1, -0.05) is 41.7 Å². The first-order valence-corrected chi connectivity index (χ1v) is 10.6. The fourth-order valence-corrected chi connectivity index (χ4v) is 4.32. The maximum absolute atomic E-state index is 12.6. The summed E-state index contributed by atoms with van der Waals surface area (Å²) in [6.45, 7) is 1.78. The molecule has 1 saturated heterocycles. The highest BCUT2D eigenvalue weighted by Crippen LogP contribution is 2.25. The van der Waals surface area contributed by atoms with Gasteiger partial charge in [-0.25, -0.2) is 0 Å². The highest BCUT2D eigenvalue weighted by atomic mass is 32.1. The summed E-state index contributed by atoms with van der Waals surface area (Å²) in [6, 6.07) is 18.2. The van der Waals surface area contributed by atoms with Gasteiger partial charge in [0, 0.05) is 31.1 Å². The molecule has 29 heavy (non-hydrogen) atoms. The van der Waals surface area contributed by atoms with Crippen molar-refractivity contribution < 1.29 is 9.53 Å². The fourth-order valence-electron chi connectivity index (χ4n) is 3.54. The summed E-state index contributed by atoms with van der Waals surface area (Å²) >= 11 is 1.43. The molecule has 4 rings (SSSR count). The van der Waals surface area contributed by atoms with Crippen molar-refractivity contribution in [1.82, 2.24) is 10.2 Å². The third kappa shape index (κ3) is 4.92. The number of carbonyl (C=O) groups excluding carboxylic acids is 1. The third-order valence-corrected chi connectivity index (χ3v) is 6.04. The van der Waals surface area contributed by atoms with Crippen molar-refractivity contribution in [2.75, 3.05) is 30.4 Å². The molecule has 1 aromatic heterocycles. The Bertz CT molecular complexity index is 935. The molecule has 0 spiro atoms. The Morgan fingerprint density at radius 1 is 1.10 bits per heavy atom. The van der Waals surface area contributed by atoms with Crippen LogP contribution in [0, 0.1) is 5.92 Å². The first kappa shape index (κ1) is 19.4. The van der Waals surface area contributed by atoms with E-state index < -0.39 is 0 Å². The number of hydrogen-bond acceptors (Lipinski definition) is 6. The Morgan fingerprint density at radius 2 is 1.83 bits per heavy atom. The Balaban J connectivity index is 1.29. The van der Waals surface area contributed by atoms with Crippen LogP contribution in [0.15, 0.2) is 54.6 Å². The van der Waals surface area contributed by atoms with E-state index in [0.717, 1.165) is 42.3 Å². The molecule has 7 heteroatoms. The molecule has 1 amide bonds. The molecule has 0 saturated carbocycles. The average molecular weight is 409 g/mol. The molecule has 0 bridgehead atoms. The number of methoxy groups -OCH3 is 1. The number of ether oxygens (including phenoxy) is 1. The Morgan fingerprint density at radius 3 is 2.52 bits per heavy atom. The lowest BCUT2D eigenvalue weighted by Gasteiger charge is -2.32. The summed E-state index contributed by atoms with van der Waals surface area (Å²) in [5, 5.41) is 12.8. The van der Waals surface area contributed by atoms with Crippen molar-refractivity contribution in [3.63, 3.8) is 0 Å². The molecular weight excluding hydrogens is 384 g/mol. The summed E-state index contributed by atoms with van der Waals surface area (Å²) in [5.41, 5.74) is 2.35. The van der Waals surface area contributed by atoms with Gasteiger partial charge in [0.25, 0.3) is 0 Å². The van der Waals surface area contributed by atoms with Crippen LogP contribution in [0.3, 0.4) is 0 Å². The highest BCUT2D eigenvalue weighted by Gasteiger charge is 2.25. The number of anilines is 2. The Kier molecular flexibility index (Phi) is 6.05. The second-order valence-electron chi connectivity index (χ2n) is 7.11. The molecule has 0 unspecified atom stereocenters. The molecule has 6 nitrogen and oxygen atoms in total. The zero-order valence-corrected chi connectivity index (χ0v) is 17.2. The van der Waals surface area contributed by atoms with Crippen LogP contribution in [-0.4, -0.2) is 36.3 Å². The number of aromatic nitrogens is 2. The molecule has 1 fully saturated rings. The van der Waals surface area contributed by atoms with E-state index in [1.165, 1.54) is 17.0 Å². The van der Waals surface area contributed by atoms with Gasteiger partial charge in [0.1, 0.15) is 10.8 Å². The largest absolute Gasteiger partial charge is 0.497 e. The number of piperidine rings is 1. The molecular formula is C22H24N4O2S. The van der Waals surface area contributed by atoms with E-state index >= 15 is 0 Å². The van der Waals surface area contributed by atoms with E-state index in [9.17, 15) is 4.79 Å². The highest BCUT2D eigenvalue weighted by molar-refractivity contribution is 7.15. The van der Waals surface area contributed by atoms with Gasteiger partial charge in [-0.05, 0) is 42.7 Å². The number of carbonyl (C=O) groups is 1. The van der Waals surface area contributed by atoms with Gasteiger partial charge >= 0.3 is 0 Å². The molecule has 0 radical (unpaired) electrons. The maximum Gasteiger partial charge on any atom is 0.229 e. The molecule has 0 atom stereocenters. The van der Waals surface area contributed by atoms with E-state index in [1.54, 1.807) is 7.11 Å². The predicted octanol–water partition coefficient (Wildman–Crippen LogP) is 3.99. The topological polar surface area (TPSA) is 67.4 Å². The van der Waals surface area contributed by atoms with Gasteiger partial charge in [-0.3, -0.25) is 4.79 Å². The van der Waals surface area contributed by atoms with Crippen molar-refractivity contribution in [1.29, 1.82) is 0 Å². The molecule has 3 aromatic rings. The summed E-state index contributed by atoms with van der Waals surface area (Å²) in [5.74, 6) is 0.894. The van der Waals surface area contributed by atoms with Crippen LogP contribution in [0.4, 0.5) is 10.8 Å². The van der Waals surface area contributed by atoms with E-state index in [2.05, 4.69) is 32.5 Å². The van der Waals surface area contributed by atoms with Crippen LogP contribution in [0.5, 0.6) is 5.75 Å². The normalized spacial score (nSPS) is 14.6. The van der Waals surface area contributed by atoms with Gasteiger partial charge < -0.3 is 15.0 Å². The number of rotatable bonds is 6. The Labute approximate surface area is 174 Å². The van der Waals surface area contributed by atoms with Gasteiger partial charge in [-0.15, -0.1) is 10.2 Å². The minimum atomic E-state index is 0.0175.